The van der Waals surface area contributed by atoms with Gasteiger partial charge in [-0.1, -0.05) is 56.1 Å². The van der Waals surface area contributed by atoms with Gasteiger partial charge < -0.3 is 15.1 Å². The summed E-state index contributed by atoms with van der Waals surface area (Å²) < 4.78 is 7.68. The summed E-state index contributed by atoms with van der Waals surface area (Å²) in [6, 6.07) is 11.7. The van der Waals surface area contributed by atoms with Crippen molar-refractivity contribution in [3.05, 3.63) is 48.2 Å². The highest BCUT2D eigenvalue weighted by molar-refractivity contribution is 7.99. The molecule has 2 aromatic heterocycles. The fourth-order valence-corrected chi connectivity index (χ4v) is 4.96. The van der Waals surface area contributed by atoms with Gasteiger partial charge in [0, 0.05) is 11.7 Å². The third-order valence-corrected chi connectivity index (χ3v) is 6.74. The topological polar surface area (TPSA) is 102 Å². The molecule has 1 aliphatic rings. The Balaban J connectivity index is 1.35. The summed E-state index contributed by atoms with van der Waals surface area (Å²) in [7, 11) is 0. The van der Waals surface area contributed by atoms with Gasteiger partial charge in [-0.15, -0.1) is 10.2 Å². The van der Waals surface area contributed by atoms with E-state index in [0.717, 1.165) is 30.5 Å². The molecule has 1 fully saturated rings. The highest BCUT2D eigenvalue weighted by Crippen LogP contribution is 2.35. The molecular formula is C24H29N5O3S. The number of thioether (sulfide) groups is 1. The molecule has 1 saturated carbocycles. The van der Waals surface area contributed by atoms with Gasteiger partial charge in [-0.05, 0) is 43.0 Å². The molecule has 3 aromatic rings. The summed E-state index contributed by atoms with van der Waals surface area (Å²) >= 11 is 1.33. The second kappa shape index (κ2) is 11.2. The number of carbonyl (C=O) groups excluding carboxylic acids is 2. The van der Waals surface area contributed by atoms with Gasteiger partial charge in [-0.2, -0.15) is 0 Å². The van der Waals surface area contributed by atoms with Gasteiger partial charge in [0.05, 0.1) is 18.6 Å². The van der Waals surface area contributed by atoms with E-state index in [1.165, 1.54) is 31.0 Å². The van der Waals surface area contributed by atoms with Gasteiger partial charge >= 0.3 is 0 Å². The summed E-state index contributed by atoms with van der Waals surface area (Å²) in [5.41, 5.74) is 1.84. The predicted octanol–water partition coefficient (Wildman–Crippen LogP) is 4.45. The summed E-state index contributed by atoms with van der Waals surface area (Å²) in [4.78, 5) is 24.7. The standard InChI is InChI=1S/C24H29N5O3S/c1-2-17-9-6-7-12-19(17)26-21(30)15-25-22(31)16-33-24-28-27-23(20-13-8-14-32-20)29(24)18-10-4-3-5-11-18/h6-9,12-14,18H,2-5,10-11,15-16H2,1H3,(H,25,31)(H,26,30). The van der Waals surface area contributed by atoms with Crippen LogP contribution in [0, 0.1) is 0 Å². The lowest BCUT2D eigenvalue weighted by Crippen LogP contribution is -2.34. The number of furan rings is 1. The Kier molecular flexibility index (Phi) is 7.83. The number of nitrogens with one attached hydrogen (secondary N) is 2. The van der Waals surface area contributed by atoms with Crippen molar-refractivity contribution in [3.8, 4) is 11.6 Å². The van der Waals surface area contributed by atoms with Crippen LogP contribution in [0.2, 0.25) is 0 Å². The Labute approximate surface area is 197 Å². The first-order valence-corrected chi connectivity index (χ1v) is 12.4. The van der Waals surface area contributed by atoms with E-state index in [1.807, 2.05) is 43.3 Å². The lowest BCUT2D eigenvalue weighted by atomic mass is 9.95. The number of rotatable bonds is 9. The molecular weight excluding hydrogens is 438 g/mol. The largest absolute Gasteiger partial charge is 0.461 e. The monoisotopic (exact) mass is 467 g/mol. The minimum absolute atomic E-state index is 0.0790. The van der Waals surface area contributed by atoms with E-state index >= 15 is 0 Å². The first-order chi connectivity index (χ1) is 16.2. The van der Waals surface area contributed by atoms with Crippen LogP contribution in [0.1, 0.15) is 50.6 Å². The lowest BCUT2D eigenvalue weighted by Gasteiger charge is -2.25. The summed E-state index contributed by atoms with van der Waals surface area (Å²) in [6.45, 7) is 1.96. The first-order valence-electron chi connectivity index (χ1n) is 11.4. The number of anilines is 1. The predicted molar refractivity (Wildman–Crippen MR) is 128 cm³/mol. The van der Waals surface area contributed by atoms with Gasteiger partial charge in [0.25, 0.3) is 0 Å². The smallest absolute Gasteiger partial charge is 0.243 e. The molecule has 4 rings (SSSR count). The number of para-hydroxylation sites is 1. The Hall–Kier alpha value is -3.07. The molecule has 2 N–H and O–H groups in total. The van der Waals surface area contributed by atoms with Crippen molar-refractivity contribution in [3.63, 3.8) is 0 Å². The Morgan fingerprint density at radius 3 is 2.67 bits per heavy atom. The van der Waals surface area contributed by atoms with E-state index in [1.54, 1.807) is 6.26 Å². The number of carbonyl (C=O) groups is 2. The molecule has 0 atom stereocenters. The van der Waals surface area contributed by atoms with Crippen LogP contribution in [0.15, 0.2) is 52.2 Å². The molecule has 0 spiro atoms. The van der Waals surface area contributed by atoms with E-state index < -0.39 is 0 Å². The molecule has 0 aliphatic heterocycles. The fourth-order valence-electron chi connectivity index (χ4n) is 4.12. The van der Waals surface area contributed by atoms with Gasteiger partial charge in [0.2, 0.25) is 17.6 Å². The Bertz CT molecular complexity index is 1070. The number of aryl methyl sites for hydroxylation is 1. The third-order valence-electron chi connectivity index (χ3n) is 5.80. The summed E-state index contributed by atoms with van der Waals surface area (Å²) in [5, 5.41) is 15.0. The molecule has 8 nitrogen and oxygen atoms in total. The van der Waals surface area contributed by atoms with Crippen LogP contribution in [0.5, 0.6) is 0 Å². The van der Waals surface area contributed by atoms with Crippen LogP contribution in [0.3, 0.4) is 0 Å². The third kappa shape index (κ3) is 5.84. The number of aromatic nitrogens is 3. The zero-order valence-corrected chi connectivity index (χ0v) is 19.6. The highest BCUT2D eigenvalue weighted by atomic mass is 32.2. The van der Waals surface area contributed by atoms with Crippen molar-refractivity contribution in [1.82, 2.24) is 20.1 Å². The molecule has 0 radical (unpaired) electrons. The molecule has 0 bridgehead atoms. The molecule has 0 saturated heterocycles. The number of benzene rings is 1. The van der Waals surface area contributed by atoms with Crippen molar-refractivity contribution >= 4 is 29.3 Å². The summed E-state index contributed by atoms with van der Waals surface area (Å²) in [6.07, 6.45) is 8.14. The Morgan fingerprint density at radius 2 is 1.91 bits per heavy atom. The maximum Gasteiger partial charge on any atom is 0.243 e. The van der Waals surface area contributed by atoms with E-state index in [0.29, 0.717) is 22.8 Å². The average Bonchev–Trinajstić information content (AvgIpc) is 3.52. The molecule has 0 unspecified atom stereocenters. The van der Waals surface area contributed by atoms with Crippen LogP contribution in [-0.4, -0.2) is 38.9 Å². The van der Waals surface area contributed by atoms with Crippen molar-refractivity contribution < 1.29 is 14.0 Å². The first kappa shape index (κ1) is 23.1. The van der Waals surface area contributed by atoms with Crippen molar-refractivity contribution in [2.24, 2.45) is 0 Å². The van der Waals surface area contributed by atoms with E-state index in [2.05, 4.69) is 25.4 Å². The van der Waals surface area contributed by atoms with Gasteiger partial charge in [-0.25, -0.2) is 0 Å². The quantitative estimate of drug-likeness (QED) is 0.451. The maximum absolute atomic E-state index is 12.4. The summed E-state index contributed by atoms with van der Waals surface area (Å²) in [5.74, 6) is 1.05. The molecule has 33 heavy (non-hydrogen) atoms. The molecule has 2 heterocycles. The number of hydrogen-bond donors (Lipinski definition) is 2. The minimum Gasteiger partial charge on any atom is -0.461 e. The molecule has 2 amide bonds. The lowest BCUT2D eigenvalue weighted by molar-refractivity contribution is -0.122. The van der Waals surface area contributed by atoms with Crippen molar-refractivity contribution in [1.29, 1.82) is 0 Å². The number of amides is 2. The highest BCUT2D eigenvalue weighted by Gasteiger charge is 2.25. The van der Waals surface area contributed by atoms with Gasteiger partial charge in [-0.3, -0.25) is 14.2 Å². The van der Waals surface area contributed by atoms with Crippen LogP contribution in [-0.2, 0) is 16.0 Å². The van der Waals surface area contributed by atoms with Gasteiger partial charge in [0.15, 0.2) is 10.9 Å². The van der Waals surface area contributed by atoms with Crippen LogP contribution in [0.25, 0.3) is 11.6 Å². The molecule has 1 aromatic carbocycles. The van der Waals surface area contributed by atoms with Gasteiger partial charge in [0.1, 0.15) is 0 Å². The molecule has 1 aliphatic carbocycles. The molecule has 9 heteroatoms. The zero-order valence-electron chi connectivity index (χ0n) is 18.8. The SMILES string of the molecule is CCc1ccccc1NC(=O)CNC(=O)CSc1nnc(-c2ccco2)n1C1CCCCC1. The fraction of sp³-hybridized carbons (Fsp3) is 0.417. The second-order valence-corrected chi connectivity index (χ2v) is 9.01. The Morgan fingerprint density at radius 1 is 1.09 bits per heavy atom. The second-order valence-electron chi connectivity index (χ2n) is 8.07. The van der Waals surface area contributed by atoms with Crippen molar-refractivity contribution in [2.75, 3.05) is 17.6 Å². The minimum atomic E-state index is -0.250. The van der Waals surface area contributed by atoms with Crippen LogP contribution < -0.4 is 10.6 Å². The number of nitrogens with zero attached hydrogens (tertiary/aromatic N) is 3. The molecule has 174 valence electrons. The van der Waals surface area contributed by atoms with Crippen LogP contribution in [0.4, 0.5) is 5.69 Å². The zero-order chi connectivity index (χ0) is 23.0. The van der Waals surface area contributed by atoms with E-state index in [9.17, 15) is 9.59 Å². The number of hydrogen-bond acceptors (Lipinski definition) is 6. The van der Waals surface area contributed by atoms with Crippen molar-refractivity contribution in [2.45, 2.75) is 56.6 Å². The van der Waals surface area contributed by atoms with Crippen LogP contribution >= 0.6 is 11.8 Å². The average molecular weight is 468 g/mol. The maximum atomic E-state index is 12.4. The van der Waals surface area contributed by atoms with E-state index in [-0.39, 0.29) is 24.1 Å². The normalized spacial score (nSPS) is 14.2. The van der Waals surface area contributed by atoms with E-state index in [4.69, 9.17) is 4.42 Å².